The van der Waals surface area contributed by atoms with Crippen molar-refractivity contribution in [3.63, 3.8) is 0 Å². The molecule has 4 aromatic rings. The third kappa shape index (κ3) is 4.28. The molecule has 6 nitrogen and oxygen atoms in total. The maximum Gasteiger partial charge on any atom is 0.233 e. The minimum atomic E-state index is 0.0607. The van der Waals surface area contributed by atoms with Gasteiger partial charge in [-0.2, -0.15) is 0 Å². The molecule has 1 amide bonds. The molecule has 0 spiro atoms. The summed E-state index contributed by atoms with van der Waals surface area (Å²) in [6.45, 7) is 1.44. The number of aryl methyl sites for hydroxylation is 1. The van der Waals surface area contributed by atoms with Crippen LogP contribution in [0.3, 0.4) is 0 Å². The molecule has 0 N–H and O–H groups in total. The molecule has 2 aliphatic heterocycles. The van der Waals surface area contributed by atoms with E-state index < -0.39 is 0 Å². The molecule has 4 heterocycles. The summed E-state index contributed by atoms with van der Waals surface area (Å²) in [6, 6.07) is 19.8. The number of anilines is 1. The fraction of sp³-hybridized carbons (Fsp3) is 0.241. The van der Waals surface area contributed by atoms with Gasteiger partial charge in [-0.05, 0) is 35.6 Å². The zero-order valence-corrected chi connectivity index (χ0v) is 19.4. The Balaban J connectivity index is 1.19. The molecule has 2 aromatic heterocycles. The summed E-state index contributed by atoms with van der Waals surface area (Å²) < 4.78 is 2.17. The Bertz CT molecular complexity index is 1410. The molecule has 0 saturated heterocycles. The number of nitrogens with zero attached hydrogens (tertiary/aromatic N) is 4. The minimum absolute atomic E-state index is 0.0607. The van der Waals surface area contributed by atoms with Gasteiger partial charge in [-0.3, -0.25) is 14.5 Å². The maximum atomic E-state index is 13.1. The van der Waals surface area contributed by atoms with E-state index in [-0.39, 0.29) is 11.7 Å². The van der Waals surface area contributed by atoms with Gasteiger partial charge in [0, 0.05) is 54.7 Å². The fourth-order valence-corrected chi connectivity index (χ4v) is 5.18. The van der Waals surface area contributed by atoms with Crippen molar-refractivity contribution in [2.45, 2.75) is 38.8 Å². The lowest BCUT2D eigenvalue weighted by Crippen LogP contribution is -2.26. The first-order chi connectivity index (χ1) is 17.1. The van der Waals surface area contributed by atoms with Crippen molar-refractivity contribution in [3.05, 3.63) is 102 Å². The third-order valence-corrected chi connectivity index (χ3v) is 7.07. The number of carbonyl (C=O) groups excluding carboxylic acids is 2. The number of pyridine rings is 1. The molecule has 2 aromatic carbocycles. The lowest BCUT2D eigenvalue weighted by Gasteiger charge is -2.22. The average Bonchev–Trinajstić information content (AvgIpc) is 3.48. The van der Waals surface area contributed by atoms with E-state index >= 15 is 0 Å². The quantitative estimate of drug-likeness (QED) is 0.384. The van der Waals surface area contributed by atoms with Crippen LogP contribution < -0.4 is 4.90 Å². The fourth-order valence-electron chi connectivity index (χ4n) is 5.18. The average molecular weight is 463 g/mol. The van der Waals surface area contributed by atoms with Crippen LogP contribution in [0, 0.1) is 5.92 Å². The smallest absolute Gasteiger partial charge is 0.233 e. The molecule has 0 aliphatic carbocycles. The number of fused-ring (bicyclic) bond motifs is 2. The van der Waals surface area contributed by atoms with Gasteiger partial charge in [-0.25, -0.2) is 9.97 Å². The van der Waals surface area contributed by atoms with Gasteiger partial charge in [0.1, 0.15) is 11.6 Å². The van der Waals surface area contributed by atoms with Gasteiger partial charge in [0.25, 0.3) is 0 Å². The van der Waals surface area contributed by atoms with Crippen molar-refractivity contribution in [3.8, 4) is 11.1 Å². The van der Waals surface area contributed by atoms with E-state index in [2.05, 4.69) is 14.5 Å². The molecule has 0 bridgehead atoms. The van der Waals surface area contributed by atoms with Crippen molar-refractivity contribution >= 4 is 17.5 Å². The van der Waals surface area contributed by atoms with Crippen molar-refractivity contribution < 1.29 is 9.59 Å². The van der Waals surface area contributed by atoms with Gasteiger partial charge in [-0.15, -0.1) is 0 Å². The maximum absolute atomic E-state index is 13.1. The van der Waals surface area contributed by atoms with E-state index in [0.717, 1.165) is 58.8 Å². The van der Waals surface area contributed by atoms with Crippen LogP contribution in [0.15, 0.2) is 79.3 Å². The molecule has 0 radical (unpaired) electrons. The van der Waals surface area contributed by atoms with E-state index in [4.69, 9.17) is 0 Å². The molecule has 0 saturated carbocycles. The van der Waals surface area contributed by atoms with Crippen LogP contribution in [-0.2, 0) is 30.7 Å². The zero-order valence-electron chi connectivity index (χ0n) is 19.4. The normalized spacial score (nSPS) is 16.7. The van der Waals surface area contributed by atoms with Gasteiger partial charge < -0.3 is 4.57 Å². The number of Topliss-reactive ketones (excluding diaryl/α,β-unsaturated/α-hetero) is 1. The number of hydrogen-bond acceptors (Lipinski definition) is 4. The van der Waals surface area contributed by atoms with Crippen LogP contribution in [-0.4, -0.2) is 26.2 Å². The Morgan fingerprint density at radius 3 is 2.77 bits per heavy atom. The zero-order chi connectivity index (χ0) is 23.8. The molecule has 174 valence electrons. The second kappa shape index (κ2) is 8.95. The number of ketones is 1. The van der Waals surface area contributed by atoms with Crippen LogP contribution >= 0.6 is 0 Å². The van der Waals surface area contributed by atoms with Crippen molar-refractivity contribution in [2.24, 2.45) is 5.92 Å². The number of rotatable bonds is 6. The summed E-state index contributed by atoms with van der Waals surface area (Å²) >= 11 is 0. The predicted molar refractivity (Wildman–Crippen MR) is 134 cm³/mol. The molecular weight excluding hydrogens is 436 g/mol. The Labute approximate surface area is 204 Å². The lowest BCUT2D eigenvalue weighted by atomic mass is 9.89. The Hall–Kier alpha value is -4.06. The van der Waals surface area contributed by atoms with Gasteiger partial charge in [0.2, 0.25) is 5.91 Å². The van der Waals surface area contributed by atoms with Gasteiger partial charge in [0.05, 0.1) is 13.0 Å². The second-order valence-corrected chi connectivity index (χ2v) is 9.45. The van der Waals surface area contributed by atoms with E-state index in [9.17, 15) is 9.59 Å². The first-order valence-corrected chi connectivity index (χ1v) is 12.1. The molecule has 0 fully saturated rings. The molecule has 35 heavy (non-hydrogen) atoms. The highest BCUT2D eigenvalue weighted by atomic mass is 16.2. The number of amides is 1. The summed E-state index contributed by atoms with van der Waals surface area (Å²) in [4.78, 5) is 36.6. The molecule has 6 heteroatoms. The van der Waals surface area contributed by atoms with Crippen LogP contribution in [0.4, 0.5) is 5.82 Å². The Morgan fingerprint density at radius 1 is 1.00 bits per heavy atom. The number of benzene rings is 2. The van der Waals surface area contributed by atoms with Gasteiger partial charge in [-0.1, -0.05) is 48.5 Å². The highest BCUT2D eigenvalue weighted by Gasteiger charge is 2.29. The molecule has 1 atom stereocenters. The van der Waals surface area contributed by atoms with Crippen LogP contribution in [0.1, 0.15) is 40.2 Å². The SMILES string of the molecule is O=C(CC1CCn2ccnc2C1)c1cccc(-c2cnc3c(c2)CC(=O)N3Cc2ccccc2)c1. The highest BCUT2D eigenvalue weighted by Crippen LogP contribution is 2.32. The molecule has 2 aliphatic rings. The topological polar surface area (TPSA) is 68.1 Å². The first kappa shape index (κ1) is 21.5. The van der Waals surface area contributed by atoms with Crippen LogP contribution in [0.5, 0.6) is 0 Å². The summed E-state index contributed by atoms with van der Waals surface area (Å²) in [7, 11) is 0. The van der Waals surface area contributed by atoms with Crippen molar-refractivity contribution in [2.75, 3.05) is 4.90 Å². The summed E-state index contributed by atoms with van der Waals surface area (Å²) in [5, 5.41) is 0. The van der Waals surface area contributed by atoms with Gasteiger partial charge in [0.15, 0.2) is 5.78 Å². The first-order valence-electron chi connectivity index (χ1n) is 12.1. The minimum Gasteiger partial charge on any atom is -0.335 e. The third-order valence-electron chi connectivity index (χ3n) is 7.07. The highest BCUT2D eigenvalue weighted by molar-refractivity contribution is 6.01. The monoisotopic (exact) mass is 462 g/mol. The van der Waals surface area contributed by atoms with E-state index in [0.29, 0.717) is 25.3 Å². The van der Waals surface area contributed by atoms with E-state index in [1.807, 2.05) is 73.1 Å². The summed E-state index contributed by atoms with van der Waals surface area (Å²) in [5.74, 6) is 2.35. The Kier molecular flexibility index (Phi) is 5.49. The second-order valence-electron chi connectivity index (χ2n) is 9.45. The number of imidazole rings is 1. The summed E-state index contributed by atoms with van der Waals surface area (Å²) in [5.41, 5.74) is 4.59. The van der Waals surface area contributed by atoms with Crippen molar-refractivity contribution in [1.29, 1.82) is 0 Å². The molecule has 6 rings (SSSR count). The van der Waals surface area contributed by atoms with Crippen LogP contribution in [0.25, 0.3) is 11.1 Å². The predicted octanol–water partition coefficient (Wildman–Crippen LogP) is 4.87. The van der Waals surface area contributed by atoms with E-state index in [1.165, 1.54) is 0 Å². The number of hydrogen-bond donors (Lipinski definition) is 0. The number of aromatic nitrogens is 3. The van der Waals surface area contributed by atoms with Crippen molar-refractivity contribution in [1.82, 2.24) is 14.5 Å². The van der Waals surface area contributed by atoms with Gasteiger partial charge >= 0.3 is 0 Å². The molecular formula is C29H26N4O2. The molecule has 1 unspecified atom stereocenters. The Morgan fingerprint density at radius 2 is 1.89 bits per heavy atom. The summed E-state index contributed by atoms with van der Waals surface area (Å²) in [6.07, 6.45) is 8.37. The standard InChI is InChI=1S/C29H26N4O2/c34-26(13-21-9-11-32-12-10-30-27(32)14-21)23-8-4-7-22(15-23)25-16-24-17-28(35)33(29(24)31-18-25)19-20-5-2-1-3-6-20/h1-8,10,12,15-16,18,21H,9,11,13-14,17,19H2. The number of carbonyl (C=O) groups is 2. The lowest BCUT2D eigenvalue weighted by molar-refractivity contribution is -0.117. The van der Waals surface area contributed by atoms with E-state index in [1.54, 1.807) is 11.1 Å². The largest absolute Gasteiger partial charge is 0.335 e. The van der Waals surface area contributed by atoms with Crippen LogP contribution in [0.2, 0.25) is 0 Å².